The number of carboxylic acid groups (broad SMARTS) is 4. The van der Waals surface area contributed by atoms with Crippen molar-refractivity contribution in [3.63, 3.8) is 0 Å². The molecule has 1 aromatic heterocycles. The topological polar surface area (TPSA) is 852 Å². The molecule has 0 aliphatic rings. The van der Waals surface area contributed by atoms with E-state index >= 15 is 9.59 Å². The minimum Gasteiger partial charge on any atom is -0.508 e. The first-order chi connectivity index (χ1) is 70.7. The highest BCUT2D eigenvalue weighted by Crippen LogP contribution is 2.23. The average Bonchev–Trinajstić information content (AvgIpc) is 1.62. The minimum absolute atomic E-state index is 0.0180. The molecule has 0 radical (unpaired) electrons. The fourth-order valence-electron chi connectivity index (χ4n) is 15.6. The lowest BCUT2D eigenvalue weighted by Crippen LogP contribution is -2.63. The molecule has 0 aliphatic carbocycles. The van der Waals surface area contributed by atoms with Gasteiger partial charge in [-0.25, -0.2) is 4.79 Å². The van der Waals surface area contributed by atoms with E-state index in [1.807, 2.05) is 0 Å². The molecule has 0 saturated carbocycles. The Morgan fingerprint density at radius 3 is 1.03 bits per heavy atom. The molecule has 5 aromatic carbocycles. The molecule has 810 valence electrons. The Balaban J connectivity index is 1.23. The highest BCUT2D eigenvalue weighted by Gasteiger charge is 2.42. The number of aromatic nitrogens is 1. The van der Waals surface area contributed by atoms with Crippen molar-refractivity contribution in [1.29, 1.82) is 0 Å². The molecule has 18 atom stereocenters. The van der Waals surface area contributed by atoms with Gasteiger partial charge < -0.3 is 155 Å². The van der Waals surface area contributed by atoms with E-state index in [0.717, 1.165) is 6.92 Å². The van der Waals surface area contributed by atoms with E-state index in [1.165, 1.54) is 62.4 Å². The summed E-state index contributed by atoms with van der Waals surface area (Å²) in [6.45, 7) is 5.60. The third kappa shape index (κ3) is 42.1. The summed E-state index contributed by atoms with van der Waals surface area (Å²) < 4.78 is 0. The predicted octanol–water partition coefficient (Wildman–Crippen LogP) is -4.82. The highest BCUT2D eigenvalue weighted by molar-refractivity contribution is 6.03. The molecular formula is C99H136N22O28. The van der Waals surface area contributed by atoms with Gasteiger partial charge in [-0.3, -0.25) is 95.9 Å². The van der Waals surface area contributed by atoms with E-state index in [-0.39, 0.29) is 113 Å². The van der Waals surface area contributed by atoms with Crippen LogP contribution < -0.4 is 114 Å². The van der Waals surface area contributed by atoms with Crippen LogP contribution in [0.1, 0.15) is 158 Å². The van der Waals surface area contributed by atoms with Crippen molar-refractivity contribution >= 4 is 135 Å². The second-order valence-corrected chi connectivity index (χ2v) is 36.0. The number of carbonyl (C=O) groups excluding carboxylic acids is 17. The second-order valence-electron chi connectivity index (χ2n) is 36.0. The molecule has 0 bridgehead atoms. The summed E-state index contributed by atoms with van der Waals surface area (Å²) in [5.41, 5.74) is 36.9. The number of carbonyl (C=O) groups is 21. The number of nitrogens with one attached hydrogen (secondary N) is 16. The number of aliphatic carboxylic acids is 4. The number of hydrogen-bond acceptors (Lipinski definition) is 28. The summed E-state index contributed by atoms with van der Waals surface area (Å²) in [6, 6.07) is 5.44. The Morgan fingerprint density at radius 2 is 0.631 bits per heavy atom. The second kappa shape index (κ2) is 62.0. The zero-order valence-corrected chi connectivity index (χ0v) is 82.8. The van der Waals surface area contributed by atoms with Crippen molar-refractivity contribution in [2.24, 2.45) is 40.3 Å². The van der Waals surface area contributed by atoms with E-state index in [2.05, 4.69) is 84.7 Å². The number of H-pyrrole nitrogens is 1. The normalized spacial score (nSPS) is 14.7. The zero-order chi connectivity index (χ0) is 110. The number of phenols is 2. The molecule has 50 heteroatoms. The van der Waals surface area contributed by atoms with Crippen LogP contribution in [-0.2, 0) is 133 Å². The summed E-state index contributed by atoms with van der Waals surface area (Å²) in [5, 5.41) is 108. The Morgan fingerprint density at radius 1 is 0.315 bits per heavy atom. The van der Waals surface area contributed by atoms with Gasteiger partial charge >= 0.3 is 23.9 Å². The van der Waals surface area contributed by atoms with Gasteiger partial charge in [0.25, 0.3) is 0 Å². The van der Waals surface area contributed by atoms with Crippen LogP contribution in [0.4, 0.5) is 0 Å². The third-order valence-electron chi connectivity index (χ3n) is 24.0. The number of aromatic amines is 1. The van der Waals surface area contributed by atoms with Gasteiger partial charge in [0, 0.05) is 55.6 Å². The Labute approximate surface area is 856 Å². The van der Waals surface area contributed by atoms with Crippen LogP contribution in [-0.4, -0.2) is 287 Å². The smallest absolute Gasteiger partial charge is 0.326 e. The van der Waals surface area contributed by atoms with Gasteiger partial charge in [0.05, 0.1) is 37.8 Å². The Kier molecular flexibility index (Phi) is 50.6. The van der Waals surface area contributed by atoms with E-state index in [4.69, 9.17) is 34.4 Å². The van der Waals surface area contributed by atoms with Crippen LogP contribution in [0.25, 0.3) is 10.9 Å². The van der Waals surface area contributed by atoms with Crippen molar-refractivity contribution in [1.82, 2.24) is 84.7 Å². The van der Waals surface area contributed by atoms with E-state index in [9.17, 15) is 127 Å². The van der Waals surface area contributed by atoms with Crippen LogP contribution in [0.15, 0.2) is 140 Å². The van der Waals surface area contributed by atoms with Gasteiger partial charge in [-0.1, -0.05) is 123 Å². The zero-order valence-electron chi connectivity index (χ0n) is 82.8. The number of benzene rings is 5. The quantitative estimate of drug-likeness (QED) is 0.0159. The standard InChI is InChI=1S/C99H136N22O28/c1-5-52(2)82(97(146)119-75(49-78(105)126)94(143)110-67(37-38-79(127)128)88(137)121-83(54(4)122)98(147)118-72(45-58-31-35-61(124)36-32-58)92(141)116-74(48-77(104)125)95(144)111-68(99(148)149)28-16-19-41-102)120-87(136)66(27-15-18-40-101)109-96(145)76(50-81(131)132)117-91(140)71(44-57-29-33-60(123)34-30-57)114-90(139)69(42-55-20-8-6-9-21-55)112-84(133)53(3)107-86(135)65(26-14-17-39-100)108-89(138)70(43-56-22-10-7-11-23-56)115-93(142)73(113-85(134)63(103)47-80(129)130)46-59-51-106-64-25-13-12-24-62(59)64/h6-13,20-25,29-36,51-54,63,65-76,82-83,106,122-124H,5,14-19,26-28,37-50,100-103H2,1-4H3,(H2,104,125)(H2,105,126)(H,107,135)(H,108,138)(H,109,145)(H,110,143)(H,111,144)(H,112,133)(H,113,134)(H,114,139)(H,115,142)(H,116,141)(H,117,140)(H,118,147)(H,119,146)(H,120,136)(H,121,137)(H,127,128)(H,129,130)(H,131,132)(H,148,149)/t52-,53-,54+,63-,65-,66-,67-,68-,69-,70-,71-,72-,73-,74-,75-,76-,82-,83-/m0/s1. The van der Waals surface area contributed by atoms with Gasteiger partial charge in [-0.2, -0.15) is 0 Å². The van der Waals surface area contributed by atoms with Crippen molar-refractivity contribution < 1.29 is 136 Å². The fourth-order valence-corrected chi connectivity index (χ4v) is 15.6. The summed E-state index contributed by atoms with van der Waals surface area (Å²) in [7, 11) is 0. The van der Waals surface area contributed by atoms with Gasteiger partial charge in [0.2, 0.25) is 100 Å². The number of fused-ring (bicyclic) bond motifs is 1. The first-order valence-electron chi connectivity index (χ1n) is 48.4. The molecular weight excluding hydrogens is 1950 g/mol. The molecule has 0 unspecified atom stereocenters. The first kappa shape index (κ1) is 122. The number of carboxylic acids is 4. The molecule has 0 spiro atoms. The number of aliphatic hydroxyl groups excluding tert-OH is 1. The van der Waals surface area contributed by atoms with Crippen LogP contribution in [0.5, 0.6) is 11.5 Å². The molecule has 50 nitrogen and oxygen atoms in total. The van der Waals surface area contributed by atoms with Crippen molar-refractivity contribution in [2.75, 3.05) is 19.6 Å². The van der Waals surface area contributed by atoms with Crippen molar-refractivity contribution in [3.8, 4) is 11.5 Å². The summed E-state index contributed by atoms with van der Waals surface area (Å²) in [5.74, 6) is -27.5. The van der Waals surface area contributed by atoms with Crippen LogP contribution in [0.3, 0.4) is 0 Å². The Bertz CT molecular complexity index is 5590. The van der Waals surface area contributed by atoms with Crippen LogP contribution >= 0.6 is 0 Å². The number of rotatable bonds is 67. The molecule has 6 aromatic rings. The minimum atomic E-state index is -2.14. The number of aromatic hydroxyl groups is 2. The van der Waals surface area contributed by atoms with Gasteiger partial charge in [0.15, 0.2) is 0 Å². The van der Waals surface area contributed by atoms with Crippen LogP contribution in [0.2, 0.25) is 0 Å². The largest absolute Gasteiger partial charge is 0.508 e. The van der Waals surface area contributed by atoms with Gasteiger partial charge in [-0.05, 0) is 162 Å². The van der Waals surface area contributed by atoms with E-state index in [0.29, 0.717) is 40.4 Å². The number of nitrogens with two attached hydrogens (primary N) is 6. The maximum Gasteiger partial charge on any atom is 0.326 e. The molecule has 0 fully saturated rings. The lowest BCUT2D eigenvalue weighted by Gasteiger charge is -2.30. The van der Waals surface area contributed by atoms with E-state index in [1.54, 1.807) is 98.0 Å². The maximum atomic E-state index is 15.1. The number of hydrogen-bond donors (Lipinski definition) is 29. The number of para-hydroxylation sites is 1. The van der Waals surface area contributed by atoms with Crippen LogP contribution in [0, 0.1) is 5.92 Å². The highest BCUT2D eigenvalue weighted by atomic mass is 16.4. The maximum absolute atomic E-state index is 15.1. The van der Waals surface area contributed by atoms with Gasteiger partial charge in [-0.15, -0.1) is 0 Å². The number of aliphatic hydroxyl groups is 1. The predicted molar refractivity (Wildman–Crippen MR) is 535 cm³/mol. The number of primary amides is 2. The third-order valence-corrected chi connectivity index (χ3v) is 24.0. The first-order valence-corrected chi connectivity index (χ1v) is 48.4. The molecule has 0 aliphatic heterocycles. The molecule has 0 saturated heterocycles. The summed E-state index contributed by atoms with van der Waals surface area (Å²) in [4.78, 5) is 295. The van der Waals surface area contributed by atoms with Crippen molar-refractivity contribution in [2.45, 2.75) is 265 Å². The monoisotopic (exact) mass is 2080 g/mol. The number of amides is 17. The van der Waals surface area contributed by atoms with Gasteiger partial charge in [0.1, 0.15) is 102 Å². The average molecular weight is 2080 g/mol. The molecule has 35 N–H and O–H groups in total. The van der Waals surface area contributed by atoms with Crippen molar-refractivity contribution in [3.05, 3.63) is 167 Å². The lowest BCUT2D eigenvalue weighted by molar-refractivity contribution is -0.143. The molecule has 6 rings (SSSR count). The Hall–Kier alpha value is -16.1. The SMILES string of the molecule is CC[C@H](C)[C@H](NC(=O)[C@H](CCCCN)NC(=O)[C@H](CC(=O)O)NC(=O)[C@H](Cc1ccc(O)cc1)NC(=O)[C@H](Cc1ccccc1)NC(=O)[C@H](C)NC(=O)[C@H](CCCCN)NC(=O)[C@H](Cc1ccccc1)NC(=O)[C@H](Cc1c[nH]c2ccccc12)NC(=O)[C@@H](N)CC(=O)O)C(=O)N[C@@H](CC(N)=O)C(=O)N[C@@H](CCC(=O)O)C(=O)N[C@H](C(=O)N[C@@H](Cc1ccc(O)cc1)C(=O)N[C@@H](CC(N)=O)C(=O)N[C@@H](CCCCN)C(=O)O)[C@@H](C)O. The van der Waals surface area contributed by atoms with E-state index < -0.39 is 284 Å². The number of unbranched alkanes of at least 4 members (excludes halogenated alkanes) is 3. The summed E-state index contributed by atoms with van der Waals surface area (Å²) in [6.07, 6.45) is -6.89. The lowest BCUT2D eigenvalue weighted by atomic mass is 9.96. The molecule has 1 heterocycles. The fraction of sp³-hybridized carbons (Fsp3) is 0.465. The molecule has 17 amide bonds. The summed E-state index contributed by atoms with van der Waals surface area (Å²) >= 11 is 0. The molecule has 149 heavy (non-hydrogen) atoms. The number of phenolic OH excluding ortho intramolecular Hbond substituents is 2.